The van der Waals surface area contributed by atoms with Crippen LogP contribution in [0.3, 0.4) is 0 Å². The van der Waals surface area contributed by atoms with Crippen LogP contribution in [0.4, 0.5) is 11.4 Å². The van der Waals surface area contributed by atoms with Gasteiger partial charge in [0.15, 0.2) is 5.71 Å². The molecule has 6 rings (SSSR count). The van der Waals surface area contributed by atoms with Crippen molar-refractivity contribution in [3.63, 3.8) is 0 Å². The summed E-state index contributed by atoms with van der Waals surface area (Å²) in [6.45, 7) is 5.50. The van der Waals surface area contributed by atoms with Crippen LogP contribution in [0, 0.1) is 0 Å². The quantitative estimate of drug-likeness (QED) is 0.00985. The molecule has 0 bridgehead atoms. The fourth-order valence-corrected chi connectivity index (χ4v) is 13.1. The number of carboxylic acid groups (broad SMARTS) is 1. The van der Waals surface area contributed by atoms with Crippen molar-refractivity contribution in [3.8, 4) is 0 Å². The summed E-state index contributed by atoms with van der Waals surface area (Å²) in [6.07, 6.45) is 9.12. The summed E-state index contributed by atoms with van der Waals surface area (Å²) in [5.74, 6) is -2.34. The van der Waals surface area contributed by atoms with Crippen molar-refractivity contribution in [1.29, 1.82) is 0 Å². The van der Waals surface area contributed by atoms with Gasteiger partial charge in [-0.25, -0.2) is 0 Å². The molecular formula is C44H50N2O20S6. The summed E-state index contributed by atoms with van der Waals surface area (Å²) >= 11 is 0.342. The van der Waals surface area contributed by atoms with E-state index in [2.05, 4.69) is 9.37 Å². The Morgan fingerprint density at radius 3 is 1.92 bits per heavy atom. The Balaban J connectivity index is 1.53. The summed E-state index contributed by atoms with van der Waals surface area (Å²) in [4.78, 5) is 10.8. The highest BCUT2D eigenvalue weighted by Gasteiger charge is 2.47. The zero-order chi connectivity index (χ0) is 53.4. The average molecular weight is 1120 g/mol. The minimum Gasteiger partial charge on any atom is -0.691 e. The number of unbranched alkanes of at least 4 members (excludes halogenated alkanes) is 2. The second-order valence-electron chi connectivity index (χ2n) is 17.8. The van der Waals surface area contributed by atoms with E-state index in [1.54, 1.807) is 74.3 Å². The largest absolute Gasteiger partial charge is 0.691 e. The molecule has 2 aliphatic rings. The van der Waals surface area contributed by atoms with Gasteiger partial charge in [-0.15, -0.1) is 0 Å². The third-order valence-electron chi connectivity index (χ3n) is 12.5. The van der Waals surface area contributed by atoms with Gasteiger partial charge in [0, 0.05) is 64.2 Å². The summed E-state index contributed by atoms with van der Waals surface area (Å²) < 4.78 is 179. The number of anilines is 1. The van der Waals surface area contributed by atoms with Crippen molar-refractivity contribution in [2.24, 2.45) is 0 Å². The van der Waals surface area contributed by atoms with E-state index in [1.807, 2.05) is 4.58 Å². The maximum absolute atomic E-state index is 12.6. The van der Waals surface area contributed by atoms with Gasteiger partial charge < -0.3 is 15.3 Å². The molecular weight excluding hydrogens is 1070 g/mol. The van der Waals surface area contributed by atoms with E-state index >= 15 is 0 Å². The molecule has 1 atom stereocenters. The van der Waals surface area contributed by atoms with E-state index in [0.29, 0.717) is 83.2 Å². The molecule has 0 fully saturated rings. The Bertz CT molecular complexity index is 3550. The Morgan fingerprint density at radius 2 is 1.32 bits per heavy atom. The van der Waals surface area contributed by atoms with Crippen LogP contribution in [0.5, 0.6) is 0 Å². The van der Waals surface area contributed by atoms with Crippen LogP contribution in [0.1, 0.15) is 76.8 Å². The fourth-order valence-electron chi connectivity index (χ4n) is 9.60. The van der Waals surface area contributed by atoms with Crippen LogP contribution in [-0.2, 0) is 75.6 Å². The van der Waals surface area contributed by atoms with Gasteiger partial charge in [0.25, 0.3) is 50.6 Å². The molecule has 0 spiro atoms. The van der Waals surface area contributed by atoms with Crippen molar-refractivity contribution in [2.45, 2.75) is 96.1 Å². The van der Waals surface area contributed by atoms with Crippen LogP contribution in [0.2, 0.25) is 0 Å². The molecule has 1 unspecified atom stereocenters. The first kappa shape index (κ1) is 56.6. The molecule has 28 heteroatoms. The van der Waals surface area contributed by atoms with Crippen LogP contribution >= 0.6 is 12.0 Å². The standard InChI is InChI=1S/C44H50N2O20S6/c1-43(2)38(45(20-9-5-8-14-40(47)48)34-18-16-31-33(41(34)43)25-29(71(59,60)61)27-37(31)72(62,63)64)12-6-4-7-13-39-44(3,19-10-22-68(50,51)52)42-32-24-28(70(56,57)58)26-36(67-66-65-49)30(32)15-17-35(42)46(39)21-11-23-69(53,54)55/h4,6-7,12-13,15-18,24-27H,5,8-11,14,19-23H2,1-3H3,(H6-,47,48,49,50,51,52,53,54,55,56,57,58,59,60,61,62,63,64). The molecule has 0 aromatic heterocycles. The molecule has 0 aliphatic carbocycles. The molecule has 392 valence electrons. The highest BCUT2D eigenvalue weighted by atomic mass is 32.2. The lowest BCUT2D eigenvalue weighted by molar-refractivity contribution is -0.777. The normalized spacial score (nSPS) is 18.1. The SMILES string of the molecule is CC1(C)C(/C=C/C=C/C=C2/N(CCCS(=O)(=O)O)c3ccc4c(SOO[O-])cc(S(=O)(=O)O)cc4c3C2(C)CCCS(=O)(=O)O)=[N+](CCCCCC(=O)O)c2ccc3c(S(=O)(=O)O)cc(S(=O)(=O)O)cc3c21. The van der Waals surface area contributed by atoms with Crippen LogP contribution < -0.4 is 10.2 Å². The summed E-state index contributed by atoms with van der Waals surface area (Å²) in [5.41, 5.74) is 0.365. The topological polar surface area (TPSA) is 357 Å². The molecule has 6 N–H and O–H groups in total. The van der Waals surface area contributed by atoms with Crippen molar-refractivity contribution >= 4 is 107 Å². The molecule has 0 amide bonds. The maximum atomic E-state index is 12.6. The lowest BCUT2D eigenvalue weighted by Crippen LogP contribution is -2.30. The number of nitrogens with zero attached hydrogens (tertiary/aromatic N) is 2. The Morgan fingerprint density at radius 1 is 0.708 bits per heavy atom. The van der Waals surface area contributed by atoms with Gasteiger partial charge in [-0.3, -0.25) is 32.6 Å². The monoisotopic (exact) mass is 1120 g/mol. The minimum atomic E-state index is -5.03. The number of rotatable bonds is 23. The number of allylic oxidation sites excluding steroid dienone is 6. The Kier molecular flexibility index (Phi) is 16.7. The number of benzene rings is 4. The number of hydrogen-bond donors (Lipinski definition) is 6. The smallest absolute Gasteiger partial charge is 0.303 e. The number of hydrogen-bond acceptors (Lipinski definition) is 16. The maximum Gasteiger partial charge on any atom is 0.303 e. The first-order valence-electron chi connectivity index (χ1n) is 21.7. The number of carboxylic acids is 1. The first-order chi connectivity index (χ1) is 33.3. The Hall–Kier alpha value is -4.66. The van der Waals surface area contributed by atoms with Gasteiger partial charge in [0.2, 0.25) is 5.69 Å². The van der Waals surface area contributed by atoms with Crippen LogP contribution in [0.15, 0.2) is 104 Å². The second kappa shape index (κ2) is 21.3. The summed E-state index contributed by atoms with van der Waals surface area (Å²) in [5, 5.41) is 24.1. The van der Waals surface area contributed by atoms with Crippen molar-refractivity contribution < 1.29 is 94.0 Å². The van der Waals surface area contributed by atoms with E-state index in [9.17, 15) is 80.0 Å². The molecule has 0 radical (unpaired) electrons. The van der Waals surface area contributed by atoms with Gasteiger partial charge in [-0.05, 0) is 117 Å². The van der Waals surface area contributed by atoms with E-state index in [-0.39, 0.29) is 53.3 Å². The zero-order valence-electron chi connectivity index (χ0n) is 38.5. The minimum absolute atomic E-state index is 0.00831. The van der Waals surface area contributed by atoms with E-state index < -0.39 is 93.6 Å². The number of fused-ring (bicyclic) bond motifs is 6. The van der Waals surface area contributed by atoms with Gasteiger partial charge >= 0.3 is 5.97 Å². The highest BCUT2D eigenvalue weighted by Crippen LogP contribution is 2.54. The summed E-state index contributed by atoms with van der Waals surface area (Å²) in [6, 6.07) is 10.1. The van der Waals surface area contributed by atoms with Crippen molar-refractivity contribution in [2.75, 3.05) is 29.5 Å². The summed E-state index contributed by atoms with van der Waals surface area (Å²) in [7, 11) is -23.9. The molecule has 4 aromatic carbocycles. The Labute approximate surface area is 420 Å². The molecule has 2 aliphatic heterocycles. The van der Waals surface area contributed by atoms with E-state index in [1.165, 1.54) is 6.07 Å². The molecule has 4 aromatic rings. The van der Waals surface area contributed by atoms with Crippen LogP contribution in [0.25, 0.3) is 21.5 Å². The van der Waals surface area contributed by atoms with Crippen molar-refractivity contribution in [3.05, 3.63) is 95.7 Å². The number of aliphatic carboxylic acids is 1. The number of carbonyl (C=O) groups is 1. The average Bonchev–Trinajstić information content (AvgIpc) is 3.62. The molecule has 2 heterocycles. The lowest BCUT2D eigenvalue weighted by atomic mass is 9.75. The molecule has 0 saturated carbocycles. The molecule has 0 saturated heterocycles. The first-order valence-corrected chi connectivity index (χ1v) is 30.0. The van der Waals surface area contributed by atoms with Gasteiger partial charge in [-0.2, -0.15) is 51.0 Å². The highest BCUT2D eigenvalue weighted by molar-refractivity contribution is 7.95. The molecule has 22 nitrogen and oxygen atoms in total. The van der Waals surface area contributed by atoms with Gasteiger partial charge in [-0.1, -0.05) is 24.3 Å². The van der Waals surface area contributed by atoms with Gasteiger partial charge in [0.05, 0.1) is 38.8 Å². The fraction of sp³-hybridized carbons (Fsp3) is 0.364. The van der Waals surface area contributed by atoms with E-state index in [4.69, 9.17) is 0 Å². The van der Waals surface area contributed by atoms with E-state index in [0.717, 1.165) is 18.2 Å². The van der Waals surface area contributed by atoms with Gasteiger partial charge in [0.1, 0.15) is 11.4 Å². The van der Waals surface area contributed by atoms with Crippen LogP contribution in [-0.4, -0.2) is 111 Å². The predicted molar refractivity (Wildman–Crippen MR) is 262 cm³/mol. The lowest BCUT2D eigenvalue weighted by Gasteiger charge is -2.31. The van der Waals surface area contributed by atoms with Crippen molar-refractivity contribution in [1.82, 2.24) is 0 Å². The third-order valence-corrected chi connectivity index (χ3v) is 17.3. The third kappa shape index (κ3) is 12.6. The zero-order valence-corrected chi connectivity index (χ0v) is 43.4. The second-order valence-corrected chi connectivity index (χ2v) is 25.9. The predicted octanol–water partition coefficient (Wildman–Crippen LogP) is 5.71. The molecule has 72 heavy (non-hydrogen) atoms.